The summed E-state index contributed by atoms with van der Waals surface area (Å²) in [5.74, 6) is 0.949. The van der Waals surface area contributed by atoms with Crippen LogP contribution in [0.3, 0.4) is 0 Å². The van der Waals surface area contributed by atoms with Crippen LogP contribution in [-0.4, -0.2) is 16.9 Å². The van der Waals surface area contributed by atoms with E-state index in [4.69, 9.17) is 21.4 Å². The number of rotatable bonds is 1. The number of fused-ring (bicyclic) bond motifs is 3. The molecule has 0 amide bonds. The van der Waals surface area contributed by atoms with Gasteiger partial charge < -0.3 is 4.74 Å². The Balaban J connectivity index is 1.72. The highest BCUT2D eigenvalue weighted by Crippen LogP contribution is 2.43. The molecule has 2 aliphatic heterocycles. The molecule has 2 aromatic rings. The Bertz CT molecular complexity index is 760. The molecule has 0 N–H and O–H groups in total. The average Bonchev–Trinajstić information content (AvgIpc) is 2.95. The van der Waals surface area contributed by atoms with E-state index in [1.807, 2.05) is 43.3 Å². The predicted octanol–water partition coefficient (Wildman–Crippen LogP) is 4.99. The van der Waals surface area contributed by atoms with Crippen LogP contribution >= 0.6 is 27.5 Å². The molecule has 5 heteroatoms. The van der Waals surface area contributed by atoms with Crippen LogP contribution < -0.4 is 4.74 Å². The molecule has 22 heavy (non-hydrogen) atoms. The Labute approximate surface area is 142 Å². The lowest BCUT2D eigenvalue weighted by Crippen LogP contribution is -2.37. The summed E-state index contributed by atoms with van der Waals surface area (Å²) in [6.45, 7) is 2.03. The van der Waals surface area contributed by atoms with Crippen molar-refractivity contribution in [2.75, 3.05) is 0 Å². The highest BCUT2D eigenvalue weighted by Gasteiger charge is 2.38. The number of benzene rings is 2. The first-order valence-corrected chi connectivity index (χ1v) is 8.37. The molecule has 0 unspecified atom stereocenters. The van der Waals surface area contributed by atoms with Crippen LogP contribution in [0.5, 0.6) is 5.75 Å². The van der Waals surface area contributed by atoms with Crippen LogP contribution in [0.2, 0.25) is 5.02 Å². The largest absolute Gasteiger partial charge is 0.469 e. The van der Waals surface area contributed by atoms with Crippen molar-refractivity contribution in [2.24, 2.45) is 5.10 Å². The van der Waals surface area contributed by atoms with Crippen molar-refractivity contribution in [2.45, 2.75) is 25.6 Å². The zero-order valence-electron chi connectivity index (χ0n) is 12.0. The van der Waals surface area contributed by atoms with E-state index in [0.29, 0.717) is 0 Å². The van der Waals surface area contributed by atoms with E-state index in [9.17, 15) is 0 Å². The van der Waals surface area contributed by atoms with Crippen LogP contribution in [0.4, 0.5) is 0 Å². The summed E-state index contributed by atoms with van der Waals surface area (Å²) in [5, 5.41) is 7.58. The second-order valence-electron chi connectivity index (χ2n) is 5.55. The maximum Gasteiger partial charge on any atom is 0.185 e. The molecule has 0 radical (unpaired) electrons. The molecule has 2 heterocycles. The van der Waals surface area contributed by atoms with E-state index in [1.165, 1.54) is 5.56 Å². The van der Waals surface area contributed by atoms with Crippen LogP contribution in [0.25, 0.3) is 0 Å². The SMILES string of the molecule is C[C@H]1Oc2ccc(Br)cc2[C@H]2CC(c3ccc(Cl)cc3)=NN21. The number of ether oxygens (including phenoxy) is 1. The Morgan fingerprint density at radius 2 is 2.00 bits per heavy atom. The molecule has 0 saturated carbocycles. The topological polar surface area (TPSA) is 24.8 Å². The van der Waals surface area contributed by atoms with Crippen LogP contribution in [0.15, 0.2) is 52.0 Å². The van der Waals surface area contributed by atoms with Gasteiger partial charge in [-0.05, 0) is 42.8 Å². The molecule has 0 saturated heterocycles. The minimum absolute atomic E-state index is 0.0662. The molecule has 0 fully saturated rings. The standard InChI is InChI=1S/C17H14BrClN2O/c1-10-21-16(14-8-12(18)4-7-17(14)22-10)9-15(20-21)11-2-5-13(19)6-3-11/h2-8,10,16H,9H2,1H3/t10-,16-/m1/s1. The van der Waals surface area contributed by atoms with Crippen molar-refractivity contribution in [1.29, 1.82) is 0 Å². The summed E-state index contributed by atoms with van der Waals surface area (Å²) < 4.78 is 7.04. The smallest absolute Gasteiger partial charge is 0.185 e. The maximum atomic E-state index is 5.98. The molecule has 0 aliphatic carbocycles. The molecule has 0 bridgehead atoms. The van der Waals surface area contributed by atoms with E-state index >= 15 is 0 Å². The number of hydrogen-bond acceptors (Lipinski definition) is 3. The average molecular weight is 378 g/mol. The summed E-state index contributed by atoms with van der Waals surface area (Å²) in [5.41, 5.74) is 3.37. The Morgan fingerprint density at radius 3 is 2.77 bits per heavy atom. The first-order chi connectivity index (χ1) is 10.6. The summed E-state index contributed by atoms with van der Waals surface area (Å²) in [7, 11) is 0. The molecule has 3 nitrogen and oxygen atoms in total. The van der Waals surface area contributed by atoms with Crippen molar-refractivity contribution in [1.82, 2.24) is 5.01 Å². The zero-order valence-corrected chi connectivity index (χ0v) is 14.3. The maximum absolute atomic E-state index is 5.98. The second-order valence-corrected chi connectivity index (χ2v) is 6.90. The first-order valence-electron chi connectivity index (χ1n) is 7.20. The number of nitrogens with zero attached hydrogens (tertiary/aromatic N) is 2. The van der Waals surface area contributed by atoms with Gasteiger partial charge in [0.1, 0.15) is 5.75 Å². The van der Waals surface area contributed by atoms with Gasteiger partial charge in [-0.2, -0.15) is 5.10 Å². The molecule has 0 aromatic heterocycles. The summed E-state index contributed by atoms with van der Waals surface area (Å²) in [6.07, 6.45) is 0.808. The normalized spacial score (nSPS) is 22.7. The summed E-state index contributed by atoms with van der Waals surface area (Å²) >= 11 is 9.52. The monoisotopic (exact) mass is 376 g/mol. The third-order valence-corrected chi connectivity index (χ3v) is 4.87. The van der Waals surface area contributed by atoms with E-state index in [0.717, 1.165) is 32.9 Å². The summed E-state index contributed by atoms with van der Waals surface area (Å²) in [4.78, 5) is 0. The van der Waals surface area contributed by atoms with E-state index in [1.54, 1.807) is 0 Å². The minimum Gasteiger partial charge on any atom is -0.469 e. The number of halogens is 2. The van der Waals surface area contributed by atoms with E-state index in [2.05, 4.69) is 27.0 Å². The molecular weight excluding hydrogens is 364 g/mol. The fraction of sp³-hybridized carbons (Fsp3) is 0.235. The molecule has 2 aromatic carbocycles. The fourth-order valence-corrected chi connectivity index (χ4v) is 3.56. The number of hydrazone groups is 1. The lowest BCUT2D eigenvalue weighted by Gasteiger charge is -2.36. The van der Waals surface area contributed by atoms with Gasteiger partial charge in [-0.25, -0.2) is 0 Å². The Morgan fingerprint density at radius 1 is 1.23 bits per heavy atom. The molecule has 2 atom stereocenters. The quantitative estimate of drug-likeness (QED) is 0.699. The number of hydrogen-bond donors (Lipinski definition) is 0. The van der Waals surface area contributed by atoms with Gasteiger partial charge >= 0.3 is 0 Å². The molecule has 4 rings (SSSR count). The van der Waals surface area contributed by atoms with Crippen LogP contribution in [0.1, 0.15) is 30.5 Å². The molecule has 112 valence electrons. The van der Waals surface area contributed by atoms with E-state index < -0.39 is 0 Å². The van der Waals surface area contributed by atoms with Crippen molar-refractivity contribution < 1.29 is 4.74 Å². The van der Waals surface area contributed by atoms with Gasteiger partial charge in [-0.15, -0.1) is 0 Å². The van der Waals surface area contributed by atoms with Crippen LogP contribution in [0, 0.1) is 0 Å². The van der Waals surface area contributed by atoms with Gasteiger partial charge in [-0.1, -0.05) is 39.7 Å². The van der Waals surface area contributed by atoms with Gasteiger partial charge in [-0.3, -0.25) is 5.01 Å². The third kappa shape index (κ3) is 2.31. The van der Waals surface area contributed by atoms with Crippen molar-refractivity contribution in [3.63, 3.8) is 0 Å². The van der Waals surface area contributed by atoms with Crippen molar-refractivity contribution >= 4 is 33.2 Å². The predicted molar refractivity (Wildman–Crippen MR) is 91.4 cm³/mol. The highest BCUT2D eigenvalue weighted by atomic mass is 79.9. The molecule has 2 aliphatic rings. The minimum atomic E-state index is -0.0662. The fourth-order valence-electron chi connectivity index (χ4n) is 3.06. The Kier molecular flexibility index (Phi) is 3.39. The Hall–Kier alpha value is -1.52. The highest BCUT2D eigenvalue weighted by molar-refractivity contribution is 9.10. The van der Waals surface area contributed by atoms with Gasteiger partial charge in [0, 0.05) is 21.5 Å². The first kappa shape index (κ1) is 14.1. The van der Waals surface area contributed by atoms with Crippen molar-refractivity contribution in [3.05, 3.63) is 63.1 Å². The second kappa shape index (κ2) is 5.28. The van der Waals surface area contributed by atoms with E-state index in [-0.39, 0.29) is 12.3 Å². The summed E-state index contributed by atoms with van der Waals surface area (Å²) in [6, 6.07) is 14.2. The lowest BCUT2D eigenvalue weighted by molar-refractivity contribution is -0.00339. The lowest BCUT2D eigenvalue weighted by atomic mass is 9.97. The zero-order chi connectivity index (χ0) is 15.3. The van der Waals surface area contributed by atoms with Gasteiger partial charge in [0.2, 0.25) is 0 Å². The molecular formula is C17H14BrClN2O. The van der Waals surface area contributed by atoms with Gasteiger partial charge in [0.15, 0.2) is 6.23 Å². The van der Waals surface area contributed by atoms with Gasteiger partial charge in [0.05, 0.1) is 11.8 Å². The molecule has 0 spiro atoms. The van der Waals surface area contributed by atoms with Gasteiger partial charge in [0.25, 0.3) is 0 Å². The van der Waals surface area contributed by atoms with Crippen molar-refractivity contribution in [3.8, 4) is 5.75 Å². The van der Waals surface area contributed by atoms with Crippen LogP contribution in [-0.2, 0) is 0 Å². The third-order valence-electron chi connectivity index (χ3n) is 4.12.